The Bertz CT molecular complexity index is 591. The SMILES string of the molecule is CCc1c(-c2cc(C)c(C)s2)sc(C(=O)O)c1N. The highest BCUT2D eigenvalue weighted by molar-refractivity contribution is 7.23. The maximum Gasteiger partial charge on any atom is 0.348 e. The number of aryl methyl sites for hydroxylation is 2. The number of aromatic carboxylic acids is 1. The summed E-state index contributed by atoms with van der Waals surface area (Å²) in [5.41, 5.74) is 8.55. The lowest BCUT2D eigenvalue weighted by atomic mass is 10.1. The number of carbonyl (C=O) groups is 1. The van der Waals surface area contributed by atoms with E-state index in [1.807, 2.05) is 6.92 Å². The lowest BCUT2D eigenvalue weighted by Crippen LogP contribution is -1.99. The summed E-state index contributed by atoms with van der Waals surface area (Å²) in [6.45, 7) is 6.14. The molecular formula is C13H15NO2S2. The molecule has 0 fully saturated rings. The van der Waals surface area contributed by atoms with Crippen molar-refractivity contribution >= 4 is 34.3 Å². The molecule has 0 amide bonds. The average Bonchev–Trinajstić information content (AvgIpc) is 2.80. The van der Waals surface area contributed by atoms with Gasteiger partial charge in [0.15, 0.2) is 0 Å². The third-order valence-corrected chi connectivity index (χ3v) is 5.55. The number of carboxylic acids is 1. The first kappa shape index (κ1) is 13.1. The van der Waals surface area contributed by atoms with E-state index in [9.17, 15) is 4.79 Å². The van der Waals surface area contributed by atoms with Gasteiger partial charge >= 0.3 is 5.97 Å². The van der Waals surface area contributed by atoms with Crippen molar-refractivity contribution in [1.29, 1.82) is 0 Å². The number of hydrogen-bond donors (Lipinski definition) is 2. The van der Waals surface area contributed by atoms with E-state index in [4.69, 9.17) is 10.8 Å². The number of hydrogen-bond acceptors (Lipinski definition) is 4. The zero-order chi connectivity index (χ0) is 13.4. The summed E-state index contributed by atoms with van der Waals surface area (Å²) in [7, 11) is 0. The van der Waals surface area contributed by atoms with Crippen molar-refractivity contribution in [3.8, 4) is 9.75 Å². The highest BCUT2D eigenvalue weighted by atomic mass is 32.1. The number of carboxylic acid groups (broad SMARTS) is 1. The van der Waals surface area contributed by atoms with Gasteiger partial charge in [-0.05, 0) is 37.5 Å². The van der Waals surface area contributed by atoms with Gasteiger partial charge in [0.2, 0.25) is 0 Å². The van der Waals surface area contributed by atoms with Gasteiger partial charge in [-0.1, -0.05) is 6.92 Å². The fourth-order valence-electron chi connectivity index (χ4n) is 1.87. The van der Waals surface area contributed by atoms with Crippen LogP contribution in [0.2, 0.25) is 0 Å². The third-order valence-electron chi connectivity index (χ3n) is 2.99. The fourth-order valence-corrected chi connectivity index (χ4v) is 4.18. The summed E-state index contributed by atoms with van der Waals surface area (Å²) in [6, 6.07) is 2.11. The normalized spacial score (nSPS) is 10.8. The van der Waals surface area contributed by atoms with Gasteiger partial charge in [0.1, 0.15) is 4.88 Å². The van der Waals surface area contributed by atoms with Crippen LogP contribution in [-0.4, -0.2) is 11.1 Å². The molecule has 0 aromatic carbocycles. The van der Waals surface area contributed by atoms with Gasteiger partial charge in [-0.2, -0.15) is 0 Å². The molecule has 0 aliphatic rings. The van der Waals surface area contributed by atoms with Crippen molar-refractivity contribution in [1.82, 2.24) is 0 Å². The molecule has 5 heteroatoms. The first-order chi connectivity index (χ1) is 8.45. The molecule has 3 nitrogen and oxygen atoms in total. The van der Waals surface area contributed by atoms with E-state index in [-0.39, 0.29) is 4.88 Å². The second kappa shape index (κ2) is 4.74. The molecule has 2 aromatic heterocycles. The Kier molecular flexibility index (Phi) is 3.45. The van der Waals surface area contributed by atoms with Gasteiger partial charge in [0, 0.05) is 9.75 Å². The monoisotopic (exact) mass is 281 g/mol. The lowest BCUT2D eigenvalue weighted by molar-refractivity contribution is 0.0703. The first-order valence-electron chi connectivity index (χ1n) is 5.67. The molecule has 3 N–H and O–H groups in total. The van der Waals surface area contributed by atoms with Crippen molar-refractivity contribution < 1.29 is 9.90 Å². The van der Waals surface area contributed by atoms with Crippen molar-refractivity contribution in [2.75, 3.05) is 5.73 Å². The van der Waals surface area contributed by atoms with Crippen LogP contribution in [0.25, 0.3) is 9.75 Å². The minimum absolute atomic E-state index is 0.255. The molecule has 0 saturated carbocycles. The minimum Gasteiger partial charge on any atom is -0.477 e. The minimum atomic E-state index is -0.941. The molecule has 2 rings (SSSR count). The zero-order valence-corrected chi connectivity index (χ0v) is 12.2. The summed E-state index contributed by atoms with van der Waals surface area (Å²) < 4.78 is 0. The molecule has 0 unspecified atom stereocenters. The molecule has 96 valence electrons. The first-order valence-corrected chi connectivity index (χ1v) is 7.30. The van der Waals surface area contributed by atoms with Crippen LogP contribution in [0, 0.1) is 13.8 Å². The van der Waals surface area contributed by atoms with Gasteiger partial charge in [-0.3, -0.25) is 0 Å². The van der Waals surface area contributed by atoms with Gasteiger partial charge in [-0.15, -0.1) is 22.7 Å². The highest BCUT2D eigenvalue weighted by Gasteiger charge is 2.21. The van der Waals surface area contributed by atoms with Crippen LogP contribution < -0.4 is 5.73 Å². The van der Waals surface area contributed by atoms with Crippen LogP contribution in [0.5, 0.6) is 0 Å². The predicted molar refractivity (Wildman–Crippen MR) is 77.9 cm³/mol. The van der Waals surface area contributed by atoms with E-state index in [1.165, 1.54) is 21.8 Å². The van der Waals surface area contributed by atoms with Crippen LogP contribution in [0.4, 0.5) is 5.69 Å². The smallest absolute Gasteiger partial charge is 0.348 e. The molecule has 0 bridgehead atoms. The molecule has 0 spiro atoms. The van der Waals surface area contributed by atoms with E-state index in [0.29, 0.717) is 5.69 Å². The predicted octanol–water partition coefficient (Wildman–Crippen LogP) is 3.94. The standard InChI is InChI=1S/C13H15NO2S2/c1-4-8-10(14)12(13(15)16)18-11(8)9-5-6(2)7(3)17-9/h5H,4,14H2,1-3H3,(H,15,16). The van der Waals surface area contributed by atoms with Gasteiger partial charge in [0.25, 0.3) is 0 Å². The maximum atomic E-state index is 11.1. The quantitative estimate of drug-likeness (QED) is 0.895. The van der Waals surface area contributed by atoms with E-state index >= 15 is 0 Å². The third kappa shape index (κ3) is 2.04. The van der Waals surface area contributed by atoms with Crippen molar-refractivity contribution in [3.63, 3.8) is 0 Å². The molecule has 0 atom stereocenters. The van der Waals surface area contributed by atoms with E-state index in [2.05, 4.69) is 19.9 Å². The van der Waals surface area contributed by atoms with Crippen LogP contribution in [0.3, 0.4) is 0 Å². The van der Waals surface area contributed by atoms with Gasteiger partial charge in [0.05, 0.1) is 10.6 Å². The summed E-state index contributed by atoms with van der Waals surface area (Å²) in [5.74, 6) is -0.941. The molecule has 0 aliphatic carbocycles. The topological polar surface area (TPSA) is 63.3 Å². The molecule has 0 aliphatic heterocycles. The second-order valence-corrected chi connectivity index (χ2v) is 6.44. The largest absolute Gasteiger partial charge is 0.477 e. The Morgan fingerprint density at radius 3 is 2.50 bits per heavy atom. The highest BCUT2D eigenvalue weighted by Crippen LogP contribution is 2.42. The average molecular weight is 281 g/mol. The molecule has 18 heavy (non-hydrogen) atoms. The maximum absolute atomic E-state index is 11.1. The Balaban J connectivity index is 2.63. The van der Waals surface area contributed by atoms with E-state index < -0.39 is 5.97 Å². The van der Waals surface area contributed by atoms with Crippen LogP contribution in [0.15, 0.2) is 6.07 Å². The molecule has 2 aromatic rings. The fraction of sp³-hybridized carbons (Fsp3) is 0.308. The molecule has 0 radical (unpaired) electrons. The van der Waals surface area contributed by atoms with Crippen LogP contribution in [0.1, 0.15) is 32.6 Å². The Morgan fingerprint density at radius 1 is 1.39 bits per heavy atom. The lowest BCUT2D eigenvalue weighted by Gasteiger charge is -1.99. The summed E-state index contributed by atoms with van der Waals surface area (Å²) in [4.78, 5) is 14.8. The number of anilines is 1. The molecular weight excluding hydrogens is 266 g/mol. The van der Waals surface area contributed by atoms with Crippen LogP contribution in [-0.2, 0) is 6.42 Å². The van der Waals surface area contributed by atoms with Crippen LogP contribution >= 0.6 is 22.7 Å². The number of nitrogen functional groups attached to an aromatic ring is 1. The molecule has 0 saturated heterocycles. The van der Waals surface area contributed by atoms with Crippen molar-refractivity contribution in [2.24, 2.45) is 0 Å². The summed E-state index contributed by atoms with van der Waals surface area (Å²) in [6.07, 6.45) is 0.751. The number of nitrogens with two attached hydrogens (primary N) is 1. The van der Waals surface area contributed by atoms with Crippen molar-refractivity contribution in [3.05, 3.63) is 26.9 Å². The summed E-state index contributed by atoms with van der Waals surface area (Å²) in [5, 5.41) is 9.14. The Morgan fingerprint density at radius 2 is 2.06 bits per heavy atom. The van der Waals surface area contributed by atoms with Crippen molar-refractivity contribution in [2.45, 2.75) is 27.2 Å². The number of rotatable bonds is 3. The van der Waals surface area contributed by atoms with Gasteiger partial charge in [-0.25, -0.2) is 4.79 Å². The summed E-state index contributed by atoms with van der Waals surface area (Å²) >= 11 is 2.97. The zero-order valence-electron chi connectivity index (χ0n) is 10.5. The van der Waals surface area contributed by atoms with E-state index in [1.54, 1.807) is 11.3 Å². The Hall–Kier alpha value is -1.33. The second-order valence-electron chi connectivity index (χ2n) is 4.16. The number of thiophene rings is 2. The Labute approximate surface area is 114 Å². The van der Waals surface area contributed by atoms with Gasteiger partial charge < -0.3 is 10.8 Å². The molecule has 2 heterocycles. The van der Waals surface area contributed by atoms with E-state index in [0.717, 1.165) is 21.7 Å².